The Labute approximate surface area is 122 Å². The maximum Gasteiger partial charge on any atom is 0.295 e. The molecule has 104 valence electrons. The van der Waals surface area contributed by atoms with Gasteiger partial charge >= 0.3 is 0 Å². The van der Waals surface area contributed by atoms with Crippen LogP contribution in [0.25, 0.3) is 0 Å². The van der Waals surface area contributed by atoms with Gasteiger partial charge in [0.05, 0.1) is 10.6 Å². The predicted octanol–water partition coefficient (Wildman–Crippen LogP) is 3.69. The number of rotatable bonds is 4. The molecule has 0 aliphatic rings. The van der Waals surface area contributed by atoms with Crippen LogP contribution in [0.15, 0.2) is 40.9 Å². The van der Waals surface area contributed by atoms with Gasteiger partial charge < -0.3 is 11.1 Å². The number of nitro groups is 1. The maximum atomic E-state index is 13.9. The topological polar surface area (TPSA) is 81.2 Å². The van der Waals surface area contributed by atoms with E-state index in [1.807, 2.05) is 24.3 Å². The zero-order valence-corrected chi connectivity index (χ0v) is 11.9. The molecule has 2 rings (SSSR count). The lowest BCUT2D eigenvalue weighted by Crippen LogP contribution is -2.05. The molecule has 2 aromatic rings. The van der Waals surface area contributed by atoms with E-state index < -0.39 is 22.1 Å². The molecule has 0 fully saturated rings. The van der Waals surface area contributed by atoms with E-state index in [0.717, 1.165) is 10.0 Å². The van der Waals surface area contributed by atoms with Crippen molar-refractivity contribution in [1.29, 1.82) is 0 Å². The Hall–Kier alpha value is -2.15. The molecule has 0 heterocycles. The van der Waals surface area contributed by atoms with E-state index in [0.29, 0.717) is 6.54 Å². The predicted molar refractivity (Wildman–Crippen MR) is 78.9 cm³/mol. The summed E-state index contributed by atoms with van der Waals surface area (Å²) in [6.45, 7) is 0.390. The summed E-state index contributed by atoms with van der Waals surface area (Å²) in [5, 5.41) is 13.5. The zero-order chi connectivity index (χ0) is 14.7. The SMILES string of the molecule is Nc1c([N+](=O)[O-])ccc(NCc2ccc(Br)cc2)c1F. The monoisotopic (exact) mass is 339 g/mol. The lowest BCUT2D eigenvalue weighted by Gasteiger charge is -2.09. The molecule has 0 atom stereocenters. The van der Waals surface area contributed by atoms with Crippen LogP contribution in [-0.2, 0) is 6.54 Å². The first-order chi connectivity index (χ1) is 9.49. The van der Waals surface area contributed by atoms with Gasteiger partial charge in [0.2, 0.25) is 0 Å². The van der Waals surface area contributed by atoms with Crippen LogP contribution in [0.2, 0.25) is 0 Å². The summed E-state index contributed by atoms with van der Waals surface area (Å²) in [5.41, 5.74) is 5.60. The first-order valence-corrected chi connectivity index (χ1v) is 6.49. The van der Waals surface area contributed by atoms with Gasteiger partial charge in [-0.2, -0.15) is 0 Å². The quantitative estimate of drug-likeness (QED) is 0.505. The molecule has 2 aromatic carbocycles. The van der Waals surface area contributed by atoms with E-state index in [2.05, 4.69) is 21.2 Å². The molecule has 0 saturated heterocycles. The Kier molecular flexibility index (Phi) is 4.19. The minimum Gasteiger partial charge on any atom is -0.391 e. The third-order valence-corrected chi connectivity index (χ3v) is 3.28. The molecule has 7 heteroatoms. The number of anilines is 2. The van der Waals surface area contributed by atoms with Crippen molar-refractivity contribution < 1.29 is 9.31 Å². The summed E-state index contributed by atoms with van der Waals surface area (Å²) in [6, 6.07) is 9.99. The Morgan fingerprint density at radius 1 is 1.25 bits per heavy atom. The van der Waals surface area contributed by atoms with E-state index in [4.69, 9.17) is 5.73 Å². The first kappa shape index (κ1) is 14.3. The highest BCUT2D eigenvalue weighted by molar-refractivity contribution is 9.10. The summed E-state index contributed by atoms with van der Waals surface area (Å²) < 4.78 is 14.8. The average molecular weight is 340 g/mol. The van der Waals surface area contributed by atoms with Gasteiger partial charge in [-0.15, -0.1) is 0 Å². The van der Waals surface area contributed by atoms with Crippen LogP contribution in [0.4, 0.5) is 21.5 Å². The molecule has 0 saturated carbocycles. The molecule has 0 spiro atoms. The van der Waals surface area contributed by atoms with Crippen molar-refractivity contribution in [3.8, 4) is 0 Å². The highest BCUT2D eigenvalue weighted by Gasteiger charge is 2.18. The molecule has 5 nitrogen and oxygen atoms in total. The minimum atomic E-state index is -0.809. The van der Waals surface area contributed by atoms with Crippen molar-refractivity contribution in [2.75, 3.05) is 11.1 Å². The largest absolute Gasteiger partial charge is 0.391 e. The number of benzene rings is 2. The smallest absolute Gasteiger partial charge is 0.295 e. The zero-order valence-electron chi connectivity index (χ0n) is 10.3. The van der Waals surface area contributed by atoms with E-state index >= 15 is 0 Å². The fourth-order valence-corrected chi connectivity index (χ4v) is 1.94. The van der Waals surface area contributed by atoms with Crippen molar-refractivity contribution in [2.45, 2.75) is 6.54 Å². The van der Waals surface area contributed by atoms with Crippen molar-refractivity contribution in [3.63, 3.8) is 0 Å². The number of nitrogen functional groups attached to an aromatic ring is 1. The second kappa shape index (κ2) is 5.87. The molecular weight excluding hydrogens is 329 g/mol. The lowest BCUT2D eigenvalue weighted by molar-refractivity contribution is -0.384. The van der Waals surface area contributed by atoms with Gasteiger partial charge in [0.15, 0.2) is 5.82 Å². The molecular formula is C13H11BrFN3O2. The molecule has 0 bridgehead atoms. The fraction of sp³-hybridized carbons (Fsp3) is 0.0769. The van der Waals surface area contributed by atoms with Crippen molar-refractivity contribution in [2.24, 2.45) is 0 Å². The number of nitrogens with one attached hydrogen (secondary N) is 1. The normalized spacial score (nSPS) is 10.3. The Morgan fingerprint density at radius 3 is 2.50 bits per heavy atom. The highest BCUT2D eigenvalue weighted by atomic mass is 79.9. The minimum absolute atomic E-state index is 0.135. The molecule has 0 aliphatic heterocycles. The summed E-state index contributed by atoms with van der Waals surface area (Å²) >= 11 is 3.32. The number of nitrogens with zero attached hydrogens (tertiary/aromatic N) is 1. The van der Waals surface area contributed by atoms with E-state index in [9.17, 15) is 14.5 Å². The molecule has 0 aromatic heterocycles. The number of halogens is 2. The van der Waals surface area contributed by atoms with Crippen LogP contribution in [0.5, 0.6) is 0 Å². The molecule has 0 unspecified atom stereocenters. The van der Waals surface area contributed by atoms with Crippen LogP contribution in [-0.4, -0.2) is 4.92 Å². The van der Waals surface area contributed by atoms with Gasteiger partial charge in [-0.3, -0.25) is 10.1 Å². The van der Waals surface area contributed by atoms with Gasteiger partial charge in [0, 0.05) is 17.1 Å². The van der Waals surface area contributed by atoms with Gasteiger partial charge in [-0.1, -0.05) is 28.1 Å². The molecule has 20 heavy (non-hydrogen) atoms. The second-order valence-electron chi connectivity index (χ2n) is 4.10. The highest BCUT2D eigenvalue weighted by Crippen LogP contribution is 2.29. The van der Waals surface area contributed by atoms with Crippen molar-refractivity contribution in [1.82, 2.24) is 0 Å². The Bertz CT molecular complexity index is 647. The van der Waals surface area contributed by atoms with Gasteiger partial charge in [-0.05, 0) is 23.8 Å². The maximum absolute atomic E-state index is 13.9. The van der Waals surface area contributed by atoms with Crippen molar-refractivity contribution in [3.05, 3.63) is 62.4 Å². The van der Waals surface area contributed by atoms with Gasteiger partial charge in [0.25, 0.3) is 5.69 Å². The Morgan fingerprint density at radius 2 is 1.90 bits per heavy atom. The van der Waals surface area contributed by atoms with Crippen LogP contribution < -0.4 is 11.1 Å². The molecule has 0 aliphatic carbocycles. The lowest BCUT2D eigenvalue weighted by atomic mass is 10.2. The molecule has 3 N–H and O–H groups in total. The Balaban J connectivity index is 2.16. The number of nitrogens with two attached hydrogens (primary N) is 1. The third kappa shape index (κ3) is 3.05. The van der Waals surface area contributed by atoms with Gasteiger partial charge in [-0.25, -0.2) is 4.39 Å². The molecule has 0 amide bonds. The van der Waals surface area contributed by atoms with E-state index in [-0.39, 0.29) is 5.69 Å². The molecule has 0 radical (unpaired) electrons. The second-order valence-corrected chi connectivity index (χ2v) is 5.01. The first-order valence-electron chi connectivity index (χ1n) is 5.69. The fourth-order valence-electron chi connectivity index (χ4n) is 1.68. The van der Waals surface area contributed by atoms with Crippen LogP contribution in [0, 0.1) is 15.9 Å². The average Bonchev–Trinajstić information content (AvgIpc) is 2.42. The number of hydrogen-bond donors (Lipinski definition) is 2. The van der Waals surface area contributed by atoms with E-state index in [1.165, 1.54) is 12.1 Å². The van der Waals surface area contributed by atoms with Crippen LogP contribution in [0.3, 0.4) is 0 Å². The summed E-state index contributed by atoms with van der Waals surface area (Å²) in [7, 11) is 0. The van der Waals surface area contributed by atoms with Crippen molar-refractivity contribution >= 4 is 33.0 Å². The van der Waals surface area contributed by atoms with Crippen LogP contribution >= 0.6 is 15.9 Å². The third-order valence-electron chi connectivity index (χ3n) is 2.75. The van der Waals surface area contributed by atoms with Gasteiger partial charge in [0.1, 0.15) is 5.69 Å². The van der Waals surface area contributed by atoms with Crippen LogP contribution in [0.1, 0.15) is 5.56 Å². The number of nitro benzene ring substituents is 1. The summed E-state index contributed by atoms with van der Waals surface area (Å²) in [6.07, 6.45) is 0. The van der Waals surface area contributed by atoms with E-state index in [1.54, 1.807) is 0 Å². The summed E-state index contributed by atoms with van der Waals surface area (Å²) in [5.74, 6) is -0.809. The number of hydrogen-bond acceptors (Lipinski definition) is 4. The summed E-state index contributed by atoms with van der Waals surface area (Å²) in [4.78, 5) is 9.92. The standard InChI is InChI=1S/C13H11BrFN3O2/c14-9-3-1-8(2-4-9)7-17-10-5-6-11(18(19)20)13(16)12(10)15/h1-6,17H,7,16H2.